The Bertz CT molecular complexity index is 462. The highest BCUT2D eigenvalue weighted by Crippen LogP contribution is 2.08. The molecule has 1 aromatic rings. The molecule has 0 spiro atoms. The van der Waals surface area contributed by atoms with Crippen LogP contribution in [-0.2, 0) is 11.2 Å². The smallest absolute Gasteiger partial charge is 0.321 e. The monoisotopic (exact) mass is 295 g/mol. The van der Waals surface area contributed by atoms with Crippen LogP contribution in [0.15, 0.2) is 18.3 Å². The summed E-state index contributed by atoms with van der Waals surface area (Å²) < 4.78 is 0. The van der Waals surface area contributed by atoms with Gasteiger partial charge in [-0.15, -0.1) is 0 Å². The highest BCUT2D eigenvalue weighted by Gasteiger charge is 2.09. The number of aromatic nitrogens is 1. The number of nitrogens with one attached hydrogen (secondary N) is 1. The van der Waals surface area contributed by atoms with Crippen LogP contribution in [0, 0.1) is 0 Å². The first-order valence-electron chi connectivity index (χ1n) is 6.82. The lowest BCUT2D eigenvalue weighted by molar-refractivity contribution is -0.136. The summed E-state index contributed by atoms with van der Waals surface area (Å²) >= 11 is 0. The summed E-state index contributed by atoms with van der Waals surface area (Å²) in [6.45, 7) is 0.778. The molecule has 116 valence electrons. The van der Waals surface area contributed by atoms with Crippen LogP contribution in [-0.4, -0.2) is 52.3 Å². The number of carboxylic acid groups (broad SMARTS) is 1. The predicted molar refractivity (Wildman–Crippen MR) is 78.2 cm³/mol. The largest absolute Gasteiger partial charge is 0.481 e. The number of pyridine rings is 1. The molecule has 7 nitrogen and oxygen atoms in total. The van der Waals surface area contributed by atoms with Crippen molar-refractivity contribution in [3.05, 3.63) is 24.0 Å². The summed E-state index contributed by atoms with van der Waals surface area (Å²) in [5.41, 5.74) is 0.967. The van der Waals surface area contributed by atoms with Gasteiger partial charge in [-0.25, -0.2) is 4.79 Å². The van der Waals surface area contributed by atoms with Crippen LogP contribution in [0.25, 0.3) is 0 Å². The molecule has 0 atom stereocenters. The number of amides is 2. The Morgan fingerprint density at radius 2 is 2.05 bits per heavy atom. The molecule has 0 saturated carbocycles. The van der Waals surface area contributed by atoms with Crippen molar-refractivity contribution in [2.24, 2.45) is 0 Å². The zero-order chi connectivity index (χ0) is 15.7. The van der Waals surface area contributed by atoms with Crippen LogP contribution < -0.4 is 5.32 Å². The molecule has 1 rings (SSSR count). The number of aliphatic carboxylic acids is 1. The van der Waals surface area contributed by atoms with Gasteiger partial charge in [0.2, 0.25) is 0 Å². The maximum atomic E-state index is 11.9. The van der Waals surface area contributed by atoms with E-state index in [9.17, 15) is 9.59 Å². The van der Waals surface area contributed by atoms with Gasteiger partial charge in [0.25, 0.3) is 0 Å². The lowest BCUT2D eigenvalue weighted by Crippen LogP contribution is -2.32. The number of nitrogens with zero attached hydrogens (tertiary/aromatic N) is 2. The Kier molecular flexibility index (Phi) is 7.17. The number of carbonyl (C=O) groups is 2. The maximum Gasteiger partial charge on any atom is 0.321 e. The van der Waals surface area contributed by atoms with Crippen molar-refractivity contribution in [3.63, 3.8) is 0 Å². The highest BCUT2D eigenvalue weighted by molar-refractivity contribution is 5.88. The van der Waals surface area contributed by atoms with E-state index in [0.29, 0.717) is 17.9 Å². The van der Waals surface area contributed by atoms with Crippen molar-refractivity contribution in [3.8, 4) is 0 Å². The SMILES string of the molecule is CN(CCCCCO)C(=O)Nc1ccc(CC(=O)O)nc1. The third kappa shape index (κ3) is 6.71. The van der Waals surface area contributed by atoms with E-state index in [4.69, 9.17) is 10.2 Å². The Balaban J connectivity index is 2.41. The quantitative estimate of drug-likeness (QED) is 0.628. The standard InChI is InChI=1S/C14H21N3O4/c1-17(7-3-2-4-8-18)14(21)16-12-6-5-11(15-10-12)9-13(19)20/h5-6,10,18H,2-4,7-9H2,1H3,(H,16,21)(H,19,20). The lowest BCUT2D eigenvalue weighted by atomic mass is 10.2. The molecule has 1 aromatic heterocycles. The van der Waals surface area contributed by atoms with E-state index in [-0.39, 0.29) is 19.1 Å². The lowest BCUT2D eigenvalue weighted by Gasteiger charge is -2.17. The van der Waals surface area contributed by atoms with Crippen molar-refractivity contribution in [1.82, 2.24) is 9.88 Å². The molecule has 7 heteroatoms. The molecule has 0 aliphatic carbocycles. The van der Waals surface area contributed by atoms with Crippen LogP contribution in [0.4, 0.5) is 10.5 Å². The van der Waals surface area contributed by atoms with Crippen LogP contribution in [0.5, 0.6) is 0 Å². The number of aliphatic hydroxyl groups is 1. The first-order chi connectivity index (χ1) is 10.0. The molecule has 0 radical (unpaired) electrons. The normalized spacial score (nSPS) is 10.2. The molecule has 0 saturated heterocycles. The van der Waals surface area contributed by atoms with Crippen molar-refractivity contribution >= 4 is 17.7 Å². The van der Waals surface area contributed by atoms with E-state index < -0.39 is 5.97 Å². The molecule has 0 fully saturated rings. The van der Waals surface area contributed by atoms with Crippen molar-refractivity contribution in [2.75, 3.05) is 25.5 Å². The summed E-state index contributed by atoms with van der Waals surface area (Å²) in [7, 11) is 1.69. The molecule has 0 bridgehead atoms. The summed E-state index contributed by atoms with van der Waals surface area (Å²) in [4.78, 5) is 28.0. The van der Waals surface area contributed by atoms with Crippen LogP contribution >= 0.6 is 0 Å². The fourth-order valence-corrected chi connectivity index (χ4v) is 1.72. The molecule has 0 aromatic carbocycles. The minimum absolute atomic E-state index is 0.140. The molecule has 21 heavy (non-hydrogen) atoms. The number of hydrogen-bond acceptors (Lipinski definition) is 4. The average molecular weight is 295 g/mol. The van der Waals surface area contributed by atoms with Crippen LogP contribution in [0.2, 0.25) is 0 Å². The minimum Gasteiger partial charge on any atom is -0.481 e. The Labute approximate surface area is 123 Å². The van der Waals surface area contributed by atoms with Crippen molar-refractivity contribution < 1.29 is 19.8 Å². The topological polar surface area (TPSA) is 103 Å². The third-order valence-electron chi connectivity index (χ3n) is 2.91. The summed E-state index contributed by atoms with van der Waals surface area (Å²) in [6, 6.07) is 2.96. The van der Waals surface area contributed by atoms with Crippen molar-refractivity contribution in [1.29, 1.82) is 0 Å². The molecule has 2 amide bonds. The number of carboxylic acids is 1. The van der Waals surface area contributed by atoms with E-state index in [1.165, 1.54) is 6.20 Å². The minimum atomic E-state index is -0.943. The van der Waals surface area contributed by atoms with E-state index in [1.54, 1.807) is 24.1 Å². The third-order valence-corrected chi connectivity index (χ3v) is 2.91. The second kappa shape index (κ2) is 8.91. The molecule has 3 N–H and O–H groups in total. The van der Waals surface area contributed by atoms with Crippen LogP contribution in [0.3, 0.4) is 0 Å². The maximum absolute atomic E-state index is 11.9. The molecule has 0 unspecified atom stereocenters. The van der Waals surface area contributed by atoms with Gasteiger partial charge in [0.05, 0.1) is 24.0 Å². The number of aliphatic hydroxyl groups excluding tert-OH is 1. The summed E-state index contributed by atoms with van der Waals surface area (Å²) in [5.74, 6) is -0.943. The molecule has 1 heterocycles. The van der Waals surface area contributed by atoms with E-state index in [2.05, 4.69) is 10.3 Å². The van der Waals surface area contributed by atoms with Gasteiger partial charge in [0.15, 0.2) is 0 Å². The Hall–Kier alpha value is -2.15. The number of anilines is 1. The highest BCUT2D eigenvalue weighted by atomic mass is 16.4. The molecular formula is C14H21N3O4. The second-order valence-corrected chi connectivity index (χ2v) is 4.74. The molecule has 0 aliphatic heterocycles. The molecule has 0 aliphatic rings. The van der Waals surface area contributed by atoms with E-state index in [0.717, 1.165) is 19.3 Å². The van der Waals surface area contributed by atoms with Crippen LogP contribution in [0.1, 0.15) is 25.0 Å². The van der Waals surface area contributed by atoms with Gasteiger partial charge in [-0.2, -0.15) is 0 Å². The first kappa shape index (κ1) is 16.9. The average Bonchev–Trinajstić information content (AvgIpc) is 2.45. The molecular weight excluding hydrogens is 274 g/mol. The zero-order valence-corrected chi connectivity index (χ0v) is 12.1. The number of hydrogen-bond donors (Lipinski definition) is 3. The fourth-order valence-electron chi connectivity index (χ4n) is 1.72. The number of urea groups is 1. The van der Waals surface area contributed by atoms with Gasteiger partial charge in [0, 0.05) is 20.2 Å². The van der Waals surface area contributed by atoms with Gasteiger partial charge in [-0.05, 0) is 31.4 Å². The number of rotatable bonds is 8. The Morgan fingerprint density at radius 1 is 1.29 bits per heavy atom. The number of unbranched alkanes of at least 4 members (excludes halogenated alkanes) is 2. The van der Waals surface area contributed by atoms with Gasteiger partial charge in [-0.1, -0.05) is 0 Å². The van der Waals surface area contributed by atoms with Gasteiger partial charge in [0.1, 0.15) is 0 Å². The van der Waals surface area contributed by atoms with Gasteiger partial charge in [-0.3, -0.25) is 9.78 Å². The zero-order valence-electron chi connectivity index (χ0n) is 12.1. The summed E-state index contributed by atoms with van der Waals surface area (Å²) in [5, 5.41) is 20.0. The second-order valence-electron chi connectivity index (χ2n) is 4.74. The fraction of sp³-hybridized carbons (Fsp3) is 0.500. The predicted octanol–water partition coefficient (Wildman–Crippen LogP) is 1.33. The van der Waals surface area contributed by atoms with E-state index in [1.807, 2.05) is 0 Å². The van der Waals surface area contributed by atoms with E-state index >= 15 is 0 Å². The van der Waals surface area contributed by atoms with Gasteiger partial charge >= 0.3 is 12.0 Å². The van der Waals surface area contributed by atoms with Crippen molar-refractivity contribution in [2.45, 2.75) is 25.7 Å². The number of carbonyl (C=O) groups excluding carboxylic acids is 1. The summed E-state index contributed by atoms with van der Waals surface area (Å²) in [6.07, 6.45) is 3.75. The Morgan fingerprint density at radius 3 is 2.62 bits per heavy atom. The van der Waals surface area contributed by atoms with Gasteiger partial charge < -0.3 is 20.4 Å². The first-order valence-corrected chi connectivity index (χ1v) is 6.82.